The molecule has 5 heteroatoms. The number of rotatable bonds is 5. The Balaban J connectivity index is 2.30. The van der Waals surface area contributed by atoms with Gasteiger partial charge >= 0.3 is 0 Å². The molecule has 0 aromatic carbocycles. The van der Waals surface area contributed by atoms with Crippen LogP contribution in [0.1, 0.15) is 62.3 Å². The van der Waals surface area contributed by atoms with Crippen molar-refractivity contribution in [3.8, 4) is 0 Å². The van der Waals surface area contributed by atoms with Crippen molar-refractivity contribution in [3.05, 3.63) is 17.7 Å². The SMILES string of the molecule is CCNc1cnc(C(C)C)nc1C(=O)N(C)C1CCC1. The number of aromatic nitrogens is 2. The van der Waals surface area contributed by atoms with Crippen LogP contribution in [0, 0.1) is 0 Å². The Morgan fingerprint density at radius 1 is 1.50 bits per heavy atom. The van der Waals surface area contributed by atoms with Gasteiger partial charge in [-0.15, -0.1) is 0 Å². The molecule has 0 aliphatic heterocycles. The van der Waals surface area contributed by atoms with Crippen molar-refractivity contribution in [2.24, 2.45) is 0 Å². The number of carbonyl (C=O) groups is 1. The van der Waals surface area contributed by atoms with Crippen molar-refractivity contribution in [2.45, 2.75) is 52.0 Å². The molecule has 5 nitrogen and oxygen atoms in total. The Bertz CT molecular complexity index is 483. The lowest BCUT2D eigenvalue weighted by molar-refractivity contribution is 0.0646. The van der Waals surface area contributed by atoms with Crippen molar-refractivity contribution < 1.29 is 4.79 Å². The third-order valence-electron chi connectivity index (χ3n) is 3.84. The third kappa shape index (κ3) is 2.92. The average molecular weight is 276 g/mol. The van der Waals surface area contributed by atoms with Gasteiger partial charge in [-0.2, -0.15) is 0 Å². The van der Waals surface area contributed by atoms with E-state index in [2.05, 4.69) is 15.3 Å². The summed E-state index contributed by atoms with van der Waals surface area (Å²) < 4.78 is 0. The van der Waals surface area contributed by atoms with Gasteiger partial charge in [0.2, 0.25) is 0 Å². The number of carbonyl (C=O) groups excluding carboxylic acids is 1. The molecule has 0 saturated heterocycles. The molecular formula is C15H24N4O. The van der Waals surface area contributed by atoms with E-state index in [4.69, 9.17) is 0 Å². The molecule has 1 aromatic rings. The molecule has 0 spiro atoms. The normalized spacial score (nSPS) is 15.1. The number of anilines is 1. The highest BCUT2D eigenvalue weighted by Gasteiger charge is 2.28. The van der Waals surface area contributed by atoms with Gasteiger partial charge in [0, 0.05) is 25.6 Å². The topological polar surface area (TPSA) is 58.1 Å². The van der Waals surface area contributed by atoms with Crippen LogP contribution >= 0.6 is 0 Å². The van der Waals surface area contributed by atoms with E-state index in [1.165, 1.54) is 6.42 Å². The molecular weight excluding hydrogens is 252 g/mol. The zero-order chi connectivity index (χ0) is 14.7. The molecule has 1 aromatic heterocycles. The lowest BCUT2D eigenvalue weighted by atomic mass is 9.91. The van der Waals surface area contributed by atoms with Crippen LogP contribution in [0.15, 0.2) is 6.20 Å². The van der Waals surface area contributed by atoms with Gasteiger partial charge in [0.05, 0.1) is 11.9 Å². The summed E-state index contributed by atoms with van der Waals surface area (Å²) in [5.74, 6) is 0.929. The van der Waals surface area contributed by atoms with E-state index >= 15 is 0 Å². The van der Waals surface area contributed by atoms with E-state index < -0.39 is 0 Å². The maximum atomic E-state index is 12.6. The molecule has 110 valence electrons. The van der Waals surface area contributed by atoms with Crippen LogP contribution in [-0.2, 0) is 0 Å². The van der Waals surface area contributed by atoms with E-state index in [1.54, 1.807) is 6.20 Å². The number of hydrogen-bond acceptors (Lipinski definition) is 4. The standard InChI is InChI=1S/C15H24N4O/c1-5-16-12-9-17-14(10(2)3)18-13(12)15(20)19(4)11-7-6-8-11/h9-11,16H,5-8H2,1-4H3. The van der Waals surface area contributed by atoms with E-state index in [0.717, 1.165) is 30.9 Å². The summed E-state index contributed by atoms with van der Waals surface area (Å²) in [4.78, 5) is 23.3. The Kier molecular flexibility index (Phi) is 4.57. The van der Waals surface area contributed by atoms with Gasteiger partial charge in [-0.05, 0) is 26.2 Å². The van der Waals surface area contributed by atoms with Crippen LogP contribution < -0.4 is 5.32 Å². The second-order valence-corrected chi connectivity index (χ2v) is 5.68. The molecule has 20 heavy (non-hydrogen) atoms. The third-order valence-corrected chi connectivity index (χ3v) is 3.84. The van der Waals surface area contributed by atoms with Crippen molar-refractivity contribution in [1.29, 1.82) is 0 Å². The first-order valence-electron chi connectivity index (χ1n) is 7.42. The largest absolute Gasteiger partial charge is 0.382 e. The highest BCUT2D eigenvalue weighted by Crippen LogP contribution is 2.26. The summed E-state index contributed by atoms with van der Waals surface area (Å²) in [6.45, 7) is 6.82. The Morgan fingerprint density at radius 3 is 2.70 bits per heavy atom. The minimum absolute atomic E-state index is 0.00468. The number of nitrogens with zero attached hydrogens (tertiary/aromatic N) is 3. The summed E-state index contributed by atoms with van der Waals surface area (Å²) in [5, 5.41) is 3.18. The monoisotopic (exact) mass is 276 g/mol. The maximum Gasteiger partial charge on any atom is 0.274 e. The first-order chi connectivity index (χ1) is 9.54. The highest BCUT2D eigenvalue weighted by molar-refractivity contribution is 5.97. The lowest BCUT2D eigenvalue weighted by Gasteiger charge is -2.34. The Labute approximate surface area is 120 Å². The first kappa shape index (κ1) is 14.8. The molecule has 0 unspecified atom stereocenters. The molecule has 0 atom stereocenters. The predicted octanol–water partition coefficient (Wildman–Crippen LogP) is 2.66. The van der Waals surface area contributed by atoms with Gasteiger partial charge < -0.3 is 10.2 Å². The predicted molar refractivity (Wildman–Crippen MR) is 80.0 cm³/mol. The maximum absolute atomic E-state index is 12.6. The molecule has 1 N–H and O–H groups in total. The van der Waals surface area contributed by atoms with Crippen LogP contribution in [0.2, 0.25) is 0 Å². The van der Waals surface area contributed by atoms with Crippen molar-refractivity contribution >= 4 is 11.6 Å². The fourth-order valence-corrected chi connectivity index (χ4v) is 2.26. The Hall–Kier alpha value is -1.65. The van der Waals surface area contributed by atoms with E-state index in [9.17, 15) is 4.79 Å². The summed E-state index contributed by atoms with van der Waals surface area (Å²) >= 11 is 0. The molecule has 1 aliphatic rings. The molecule has 1 saturated carbocycles. The number of hydrogen-bond donors (Lipinski definition) is 1. The fraction of sp³-hybridized carbons (Fsp3) is 0.667. The summed E-state index contributed by atoms with van der Waals surface area (Å²) in [6, 6.07) is 0.370. The van der Waals surface area contributed by atoms with E-state index in [-0.39, 0.29) is 11.8 Å². The summed E-state index contributed by atoms with van der Waals surface area (Å²) in [5.41, 5.74) is 1.23. The van der Waals surface area contributed by atoms with Crippen LogP contribution in [0.4, 0.5) is 5.69 Å². The molecule has 0 bridgehead atoms. The second kappa shape index (κ2) is 6.20. The average Bonchev–Trinajstić information content (AvgIpc) is 2.36. The van der Waals surface area contributed by atoms with Gasteiger partial charge in [-0.1, -0.05) is 13.8 Å². The second-order valence-electron chi connectivity index (χ2n) is 5.68. The molecule has 1 heterocycles. The van der Waals surface area contributed by atoms with Gasteiger partial charge in [0.1, 0.15) is 5.82 Å². The fourth-order valence-electron chi connectivity index (χ4n) is 2.26. The van der Waals surface area contributed by atoms with Crippen molar-refractivity contribution in [1.82, 2.24) is 14.9 Å². The zero-order valence-corrected chi connectivity index (χ0v) is 12.8. The van der Waals surface area contributed by atoms with Gasteiger partial charge in [-0.25, -0.2) is 9.97 Å². The molecule has 1 fully saturated rings. The number of nitrogens with one attached hydrogen (secondary N) is 1. The van der Waals surface area contributed by atoms with E-state index in [1.807, 2.05) is 32.7 Å². The van der Waals surface area contributed by atoms with Gasteiger partial charge in [0.25, 0.3) is 5.91 Å². The quantitative estimate of drug-likeness (QED) is 0.898. The highest BCUT2D eigenvalue weighted by atomic mass is 16.2. The minimum atomic E-state index is -0.00468. The summed E-state index contributed by atoms with van der Waals surface area (Å²) in [6.07, 6.45) is 5.14. The van der Waals surface area contributed by atoms with Crippen molar-refractivity contribution in [2.75, 3.05) is 18.9 Å². The van der Waals surface area contributed by atoms with Crippen molar-refractivity contribution in [3.63, 3.8) is 0 Å². The van der Waals surface area contributed by atoms with Crippen LogP contribution in [-0.4, -0.2) is 40.4 Å². The van der Waals surface area contributed by atoms with Gasteiger partial charge in [0.15, 0.2) is 5.69 Å². The lowest BCUT2D eigenvalue weighted by Crippen LogP contribution is -2.42. The smallest absolute Gasteiger partial charge is 0.274 e. The molecule has 1 amide bonds. The molecule has 1 aliphatic carbocycles. The number of amides is 1. The minimum Gasteiger partial charge on any atom is -0.382 e. The van der Waals surface area contributed by atoms with Crippen LogP contribution in [0.3, 0.4) is 0 Å². The van der Waals surface area contributed by atoms with Crippen LogP contribution in [0.25, 0.3) is 0 Å². The molecule has 0 radical (unpaired) electrons. The van der Waals surface area contributed by atoms with E-state index in [0.29, 0.717) is 11.7 Å². The first-order valence-corrected chi connectivity index (χ1v) is 7.42. The summed E-state index contributed by atoms with van der Waals surface area (Å²) in [7, 11) is 1.87. The molecule has 2 rings (SSSR count). The zero-order valence-electron chi connectivity index (χ0n) is 12.8. The van der Waals surface area contributed by atoms with Gasteiger partial charge in [-0.3, -0.25) is 4.79 Å². The van der Waals surface area contributed by atoms with Crippen LogP contribution in [0.5, 0.6) is 0 Å². The Morgan fingerprint density at radius 2 is 2.20 bits per heavy atom.